The minimum Gasteiger partial charge on any atom is -0.423 e. The van der Waals surface area contributed by atoms with Crippen LogP contribution in [0.3, 0.4) is 0 Å². The van der Waals surface area contributed by atoms with E-state index in [-0.39, 0.29) is 0 Å². The largest absolute Gasteiger partial charge is 0.423 e. The Kier molecular flexibility index (Phi) is 3.65. The second kappa shape index (κ2) is 5.75. The highest BCUT2D eigenvalue weighted by molar-refractivity contribution is 6.30. The Bertz CT molecular complexity index is 663. The summed E-state index contributed by atoms with van der Waals surface area (Å²) < 4.78 is 5.14. The molecular weight excluding hydrogens is 274 g/mol. The summed E-state index contributed by atoms with van der Waals surface area (Å²) in [4.78, 5) is 0. The van der Waals surface area contributed by atoms with Crippen LogP contribution in [0.4, 0.5) is 5.69 Å². The Morgan fingerprint density at radius 2 is 1.75 bits per heavy atom. The second-order valence-electron chi connectivity index (χ2n) is 4.30. The molecule has 2 aromatic carbocycles. The van der Waals surface area contributed by atoms with Gasteiger partial charge in [-0.3, -0.25) is 0 Å². The molecule has 0 aliphatic heterocycles. The molecule has 0 aliphatic carbocycles. The van der Waals surface area contributed by atoms with Crippen LogP contribution in [0.15, 0.2) is 59.3 Å². The fourth-order valence-corrected chi connectivity index (χ4v) is 1.96. The number of aromatic nitrogens is 2. The van der Waals surface area contributed by atoms with Crippen molar-refractivity contribution in [2.24, 2.45) is 0 Å². The van der Waals surface area contributed by atoms with Crippen molar-refractivity contribution in [2.75, 3.05) is 5.32 Å². The van der Waals surface area contributed by atoms with Crippen molar-refractivity contribution in [3.8, 4) is 11.5 Å². The van der Waals surface area contributed by atoms with E-state index in [1.54, 1.807) is 0 Å². The summed E-state index contributed by atoms with van der Waals surface area (Å²) in [7, 11) is 0. The van der Waals surface area contributed by atoms with Crippen molar-refractivity contribution in [3.63, 3.8) is 0 Å². The van der Waals surface area contributed by atoms with Gasteiger partial charge < -0.3 is 9.73 Å². The summed E-state index contributed by atoms with van der Waals surface area (Å²) in [5.41, 5.74) is 3.11. The van der Waals surface area contributed by atoms with Gasteiger partial charge in [0.1, 0.15) is 0 Å². The van der Waals surface area contributed by atoms with Gasteiger partial charge in [-0.15, -0.1) is 10.2 Å². The molecule has 20 heavy (non-hydrogen) atoms. The van der Waals surface area contributed by atoms with Gasteiger partial charge in [0.2, 0.25) is 12.3 Å². The monoisotopic (exact) mass is 285 g/mol. The normalized spacial score (nSPS) is 10.4. The molecule has 5 heteroatoms. The summed E-state index contributed by atoms with van der Waals surface area (Å²) in [6, 6.07) is 15.6. The predicted molar refractivity (Wildman–Crippen MR) is 78.5 cm³/mol. The summed E-state index contributed by atoms with van der Waals surface area (Å²) in [5, 5.41) is 11.6. The molecule has 100 valence electrons. The Labute approximate surface area is 121 Å². The summed E-state index contributed by atoms with van der Waals surface area (Å²) >= 11 is 5.85. The fraction of sp³-hybridized carbons (Fsp3) is 0.0667. The number of nitrogens with one attached hydrogen (secondary N) is 1. The van der Waals surface area contributed by atoms with Crippen LogP contribution in [0.2, 0.25) is 5.02 Å². The van der Waals surface area contributed by atoms with E-state index < -0.39 is 0 Å². The molecule has 0 aliphatic rings. The third-order valence-electron chi connectivity index (χ3n) is 2.90. The third-order valence-corrected chi connectivity index (χ3v) is 3.15. The first kappa shape index (κ1) is 12.7. The first-order chi connectivity index (χ1) is 9.81. The molecular formula is C15H12ClN3O. The first-order valence-corrected chi connectivity index (χ1v) is 6.54. The van der Waals surface area contributed by atoms with Crippen molar-refractivity contribution in [2.45, 2.75) is 6.54 Å². The van der Waals surface area contributed by atoms with E-state index in [1.807, 2.05) is 48.5 Å². The zero-order valence-electron chi connectivity index (χ0n) is 10.6. The lowest BCUT2D eigenvalue weighted by Gasteiger charge is -2.07. The molecule has 3 rings (SSSR count). The van der Waals surface area contributed by atoms with Crippen molar-refractivity contribution >= 4 is 17.3 Å². The maximum atomic E-state index is 5.85. The summed E-state index contributed by atoms with van der Waals surface area (Å²) in [6.07, 6.45) is 1.32. The first-order valence-electron chi connectivity index (χ1n) is 6.16. The standard InChI is InChI=1S/C15H12ClN3O/c16-13-5-1-11(2-6-13)9-17-14-7-3-12(4-8-14)15-19-18-10-20-15/h1-8,10,17H,9H2. The zero-order chi connectivity index (χ0) is 13.8. The number of nitrogens with zero attached hydrogens (tertiary/aromatic N) is 2. The molecule has 1 N–H and O–H groups in total. The predicted octanol–water partition coefficient (Wildman–Crippen LogP) is 4.00. The van der Waals surface area contributed by atoms with Gasteiger partial charge in [-0.1, -0.05) is 23.7 Å². The lowest BCUT2D eigenvalue weighted by molar-refractivity contribution is 0.568. The Morgan fingerprint density at radius 3 is 2.40 bits per heavy atom. The van der Waals surface area contributed by atoms with E-state index in [4.69, 9.17) is 16.0 Å². The maximum absolute atomic E-state index is 5.85. The average molecular weight is 286 g/mol. The van der Waals surface area contributed by atoms with E-state index in [0.717, 1.165) is 22.8 Å². The van der Waals surface area contributed by atoms with Crippen LogP contribution < -0.4 is 5.32 Å². The lowest BCUT2D eigenvalue weighted by atomic mass is 10.2. The van der Waals surface area contributed by atoms with Crippen LogP contribution in [0.1, 0.15) is 5.56 Å². The van der Waals surface area contributed by atoms with Crippen molar-refractivity contribution in [1.29, 1.82) is 0 Å². The number of hydrogen-bond acceptors (Lipinski definition) is 4. The van der Waals surface area contributed by atoms with Crippen molar-refractivity contribution in [3.05, 3.63) is 65.5 Å². The molecule has 0 spiro atoms. The van der Waals surface area contributed by atoms with Crippen LogP contribution in [-0.2, 0) is 6.54 Å². The SMILES string of the molecule is Clc1ccc(CNc2ccc(-c3nnco3)cc2)cc1. The Hall–Kier alpha value is -2.33. The highest BCUT2D eigenvalue weighted by Gasteiger charge is 2.02. The van der Waals surface area contributed by atoms with Gasteiger partial charge in [-0.2, -0.15) is 0 Å². The number of rotatable bonds is 4. The molecule has 0 amide bonds. The van der Waals surface area contributed by atoms with Gasteiger partial charge in [-0.25, -0.2) is 0 Å². The van der Waals surface area contributed by atoms with Crippen LogP contribution in [-0.4, -0.2) is 10.2 Å². The molecule has 0 bridgehead atoms. The number of halogens is 1. The molecule has 1 aromatic heterocycles. The third kappa shape index (κ3) is 2.97. The summed E-state index contributed by atoms with van der Waals surface area (Å²) in [5.74, 6) is 0.522. The molecule has 0 unspecified atom stereocenters. The van der Waals surface area contributed by atoms with E-state index in [9.17, 15) is 0 Å². The lowest BCUT2D eigenvalue weighted by Crippen LogP contribution is -1.98. The highest BCUT2D eigenvalue weighted by atomic mass is 35.5. The molecule has 3 aromatic rings. The maximum Gasteiger partial charge on any atom is 0.247 e. The van der Waals surface area contributed by atoms with Gasteiger partial charge >= 0.3 is 0 Å². The van der Waals surface area contributed by atoms with Gasteiger partial charge in [-0.05, 0) is 42.0 Å². The fourth-order valence-electron chi connectivity index (χ4n) is 1.84. The van der Waals surface area contributed by atoms with Gasteiger partial charge in [0.15, 0.2) is 0 Å². The molecule has 0 atom stereocenters. The van der Waals surface area contributed by atoms with E-state index in [0.29, 0.717) is 5.89 Å². The smallest absolute Gasteiger partial charge is 0.247 e. The van der Waals surface area contributed by atoms with Crippen LogP contribution in [0.5, 0.6) is 0 Å². The molecule has 0 radical (unpaired) electrons. The van der Waals surface area contributed by atoms with E-state index in [2.05, 4.69) is 15.5 Å². The quantitative estimate of drug-likeness (QED) is 0.787. The van der Waals surface area contributed by atoms with Crippen LogP contribution >= 0.6 is 11.6 Å². The number of anilines is 1. The van der Waals surface area contributed by atoms with E-state index >= 15 is 0 Å². The zero-order valence-corrected chi connectivity index (χ0v) is 11.3. The number of benzene rings is 2. The van der Waals surface area contributed by atoms with Crippen molar-refractivity contribution in [1.82, 2.24) is 10.2 Å². The molecule has 1 heterocycles. The topological polar surface area (TPSA) is 51.0 Å². The summed E-state index contributed by atoms with van der Waals surface area (Å²) in [6.45, 7) is 0.747. The van der Waals surface area contributed by atoms with E-state index in [1.165, 1.54) is 12.0 Å². The van der Waals surface area contributed by atoms with Crippen molar-refractivity contribution < 1.29 is 4.42 Å². The van der Waals surface area contributed by atoms with Crippen LogP contribution in [0, 0.1) is 0 Å². The Morgan fingerprint density at radius 1 is 1.00 bits per heavy atom. The second-order valence-corrected chi connectivity index (χ2v) is 4.74. The minimum atomic E-state index is 0.522. The van der Waals surface area contributed by atoms with Gasteiger partial charge in [0.25, 0.3) is 0 Å². The number of hydrogen-bond donors (Lipinski definition) is 1. The Balaban J connectivity index is 1.65. The molecule has 0 fully saturated rings. The average Bonchev–Trinajstić information content (AvgIpc) is 3.01. The van der Waals surface area contributed by atoms with Crippen LogP contribution in [0.25, 0.3) is 11.5 Å². The molecule has 0 saturated carbocycles. The molecule has 0 saturated heterocycles. The van der Waals surface area contributed by atoms with Gasteiger partial charge in [0, 0.05) is 22.8 Å². The molecule has 4 nitrogen and oxygen atoms in total. The minimum absolute atomic E-state index is 0.522. The van der Waals surface area contributed by atoms with Gasteiger partial charge in [0.05, 0.1) is 0 Å². The highest BCUT2D eigenvalue weighted by Crippen LogP contribution is 2.19.